The van der Waals surface area contributed by atoms with Crippen molar-refractivity contribution < 1.29 is 4.74 Å². The molecule has 45 heavy (non-hydrogen) atoms. The number of fused-ring (bicyclic) bond motifs is 6. The highest BCUT2D eigenvalue weighted by atomic mass is 16.5. The van der Waals surface area contributed by atoms with Gasteiger partial charge in [0, 0.05) is 17.0 Å². The van der Waals surface area contributed by atoms with Gasteiger partial charge in [-0.1, -0.05) is 140 Å². The van der Waals surface area contributed by atoms with Crippen molar-refractivity contribution >= 4 is 43.7 Å². The van der Waals surface area contributed by atoms with Crippen molar-refractivity contribution in [1.29, 1.82) is 0 Å². The monoisotopic (exact) mass is 580 g/mol. The summed E-state index contributed by atoms with van der Waals surface area (Å²) in [5.41, 5.74) is 6.60. The van der Waals surface area contributed by atoms with Gasteiger partial charge in [0.25, 0.3) is 0 Å². The average molecular weight is 581 g/mol. The second-order valence-corrected chi connectivity index (χ2v) is 11.8. The van der Waals surface area contributed by atoms with E-state index in [4.69, 9.17) is 10.1 Å². The SMILES string of the molecule is C1=C(c2ccccc2)[N-]C(c2ccc3c(ccc4ccc5c(c43)OC(c3ccccc3)N5)c2)NC1c1ccc2ccccc2c1. The molecule has 0 radical (unpaired) electrons. The van der Waals surface area contributed by atoms with Gasteiger partial charge in [0.05, 0.1) is 5.69 Å². The molecule has 9 rings (SSSR count). The Hall–Kier alpha value is -5.58. The predicted octanol–water partition coefficient (Wildman–Crippen LogP) is 10.4. The lowest BCUT2D eigenvalue weighted by Gasteiger charge is -2.44. The maximum Gasteiger partial charge on any atom is 0.196 e. The summed E-state index contributed by atoms with van der Waals surface area (Å²) in [4.78, 5) is 0. The van der Waals surface area contributed by atoms with Gasteiger partial charge in [-0.2, -0.15) is 0 Å². The van der Waals surface area contributed by atoms with E-state index < -0.39 is 0 Å². The summed E-state index contributed by atoms with van der Waals surface area (Å²) in [5, 5.41) is 19.8. The van der Waals surface area contributed by atoms with Gasteiger partial charge in [-0.05, 0) is 61.9 Å². The molecule has 7 aromatic carbocycles. The van der Waals surface area contributed by atoms with Gasteiger partial charge in [0.2, 0.25) is 0 Å². The lowest BCUT2D eigenvalue weighted by molar-refractivity contribution is 0.263. The zero-order chi connectivity index (χ0) is 29.7. The number of nitrogens with one attached hydrogen (secondary N) is 2. The molecule has 4 nitrogen and oxygen atoms in total. The van der Waals surface area contributed by atoms with Crippen molar-refractivity contribution in [2.24, 2.45) is 0 Å². The molecule has 0 spiro atoms. The topological polar surface area (TPSA) is 47.4 Å². The number of benzene rings is 7. The summed E-state index contributed by atoms with van der Waals surface area (Å²) >= 11 is 0. The molecule has 0 aromatic heterocycles. The van der Waals surface area contributed by atoms with Crippen LogP contribution in [0.15, 0.2) is 152 Å². The zero-order valence-electron chi connectivity index (χ0n) is 24.5. The van der Waals surface area contributed by atoms with Crippen LogP contribution in [0.4, 0.5) is 5.69 Å². The van der Waals surface area contributed by atoms with Gasteiger partial charge < -0.3 is 20.7 Å². The van der Waals surface area contributed by atoms with Crippen LogP contribution < -0.4 is 15.4 Å². The van der Waals surface area contributed by atoms with Crippen molar-refractivity contribution in [1.82, 2.24) is 5.32 Å². The number of hydrogen-bond donors (Lipinski definition) is 2. The summed E-state index contributed by atoms with van der Waals surface area (Å²) in [5.74, 6) is 0.908. The van der Waals surface area contributed by atoms with Crippen molar-refractivity contribution in [3.05, 3.63) is 179 Å². The fraction of sp³-hybridized carbons (Fsp3) is 0.0732. The molecule has 2 aliphatic rings. The minimum absolute atomic E-state index is 0.0114. The normalized spacial score (nSPS) is 19.0. The molecule has 2 N–H and O–H groups in total. The lowest BCUT2D eigenvalue weighted by atomic mass is 9.95. The van der Waals surface area contributed by atoms with Crippen LogP contribution in [-0.4, -0.2) is 0 Å². The Kier molecular flexibility index (Phi) is 6.06. The van der Waals surface area contributed by atoms with Crippen molar-refractivity contribution in [3.8, 4) is 5.75 Å². The van der Waals surface area contributed by atoms with Crippen molar-refractivity contribution in [3.63, 3.8) is 0 Å². The van der Waals surface area contributed by atoms with E-state index in [9.17, 15) is 0 Å². The summed E-state index contributed by atoms with van der Waals surface area (Å²) < 4.78 is 6.57. The van der Waals surface area contributed by atoms with E-state index in [0.717, 1.165) is 50.0 Å². The molecule has 0 aliphatic carbocycles. The first-order valence-corrected chi connectivity index (χ1v) is 15.5. The number of anilines is 1. The highest BCUT2D eigenvalue weighted by Crippen LogP contribution is 2.46. The second-order valence-electron chi connectivity index (χ2n) is 11.8. The molecular weight excluding hydrogens is 550 g/mol. The maximum atomic E-state index is 6.57. The van der Waals surface area contributed by atoms with Crippen LogP contribution in [-0.2, 0) is 0 Å². The summed E-state index contributed by atoms with van der Waals surface area (Å²) in [7, 11) is 0. The van der Waals surface area contributed by atoms with E-state index in [1.165, 1.54) is 21.7 Å². The molecule has 3 unspecified atom stereocenters. The smallest absolute Gasteiger partial charge is 0.196 e. The van der Waals surface area contributed by atoms with E-state index in [1.54, 1.807) is 0 Å². The third kappa shape index (κ3) is 4.59. The van der Waals surface area contributed by atoms with E-state index in [2.05, 4.69) is 144 Å². The number of rotatable bonds is 4. The first kappa shape index (κ1) is 25.9. The van der Waals surface area contributed by atoms with Gasteiger partial charge in [0.15, 0.2) is 12.0 Å². The molecule has 0 saturated carbocycles. The van der Waals surface area contributed by atoms with E-state index in [0.29, 0.717) is 0 Å². The fourth-order valence-electron chi connectivity index (χ4n) is 6.75. The van der Waals surface area contributed by atoms with E-state index in [1.807, 2.05) is 18.2 Å². The van der Waals surface area contributed by atoms with Crippen LogP contribution in [0.2, 0.25) is 0 Å². The average Bonchev–Trinajstić information content (AvgIpc) is 3.56. The Bertz CT molecular complexity index is 2240. The standard InChI is InChI=1S/C41H30N3O/c1-3-10-27(11-4-1)36-25-37(32-18-15-26-9-7-8-14-30(26)23-32)43-40(42-36)33-19-21-34-31(24-33)17-16-28-20-22-35-39(38(28)34)45-41(44-35)29-12-5-2-6-13-29/h1-25,37,40-41,43-44H/q-1. The lowest BCUT2D eigenvalue weighted by Crippen LogP contribution is -2.28. The molecular formula is C41H30N3O-. The molecule has 2 heterocycles. The zero-order valence-corrected chi connectivity index (χ0v) is 24.5. The van der Waals surface area contributed by atoms with Crippen LogP contribution >= 0.6 is 0 Å². The van der Waals surface area contributed by atoms with Crippen LogP contribution in [0.5, 0.6) is 5.75 Å². The molecule has 4 heteroatoms. The molecule has 216 valence electrons. The van der Waals surface area contributed by atoms with E-state index >= 15 is 0 Å². The highest BCUT2D eigenvalue weighted by Gasteiger charge is 2.26. The van der Waals surface area contributed by atoms with Crippen LogP contribution in [0, 0.1) is 0 Å². The van der Waals surface area contributed by atoms with E-state index in [-0.39, 0.29) is 18.4 Å². The van der Waals surface area contributed by atoms with Gasteiger partial charge in [0.1, 0.15) is 0 Å². The second kappa shape index (κ2) is 10.5. The minimum Gasteiger partial charge on any atom is -0.666 e. The van der Waals surface area contributed by atoms with Gasteiger partial charge in [-0.15, -0.1) is 5.70 Å². The fourth-order valence-corrected chi connectivity index (χ4v) is 6.75. The minimum atomic E-state index is -0.207. The molecule has 7 aromatic rings. The molecule has 3 atom stereocenters. The Labute approximate surface area is 262 Å². The Morgan fingerprint density at radius 2 is 1.24 bits per heavy atom. The molecule has 0 saturated heterocycles. The molecule has 0 fully saturated rings. The largest absolute Gasteiger partial charge is 0.666 e. The molecule has 0 bridgehead atoms. The molecule has 2 aliphatic heterocycles. The Balaban J connectivity index is 1.11. The van der Waals surface area contributed by atoms with Crippen LogP contribution in [0.3, 0.4) is 0 Å². The highest BCUT2D eigenvalue weighted by molar-refractivity contribution is 6.13. The quantitative estimate of drug-likeness (QED) is 0.204. The van der Waals surface area contributed by atoms with Crippen LogP contribution in [0.1, 0.15) is 40.7 Å². The van der Waals surface area contributed by atoms with Gasteiger partial charge >= 0.3 is 0 Å². The van der Waals surface area contributed by atoms with Gasteiger partial charge in [-0.25, -0.2) is 0 Å². The summed E-state index contributed by atoms with van der Waals surface area (Å²) in [6.07, 6.45) is 1.84. The Morgan fingerprint density at radius 3 is 2.11 bits per heavy atom. The number of nitrogens with zero attached hydrogens (tertiary/aromatic N) is 1. The van der Waals surface area contributed by atoms with Crippen molar-refractivity contribution in [2.75, 3.05) is 5.32 Å². The third-order valence-corrected chi connectivity index (χ3v) is 9.05. The van der Waals surface area contributed by atoms with Gasteiger partial charge in [-0.3, -0.25) is 0 Å². The summed E-state index contributed by atoms with van der Waals surface area (Å²) in [6.45, 7) is 0. The summed E-state index contributed by atoms with van der Waals surface area (Å²) in [6, 6.07) is 51.5. The third-order valence-electron chi connectivity index (χ3n) is 9.05. The Morgan fingerprint density at radius 1 is 0.556 bits per heavy atom. The maximum absolute atomic E-state index is 6.57. The first-order chi connectivity index (χ1) is 22.3. The predicted molar refractivity (Wildman–Crippen MR) is 185 cm³/mol. The van der Waals surface area contributed by atoms with Crippen molar-refractivity contribution in [2.45, 2.75) is 18.4 Å². The number of ether oxygens (including phenoxy) is 1. The number of hydrogen-bond acceptors (Lipinski definition) is 3. The molecule has 0 amide bonds. The first-order valence-electron chi connectivity index (χ1n) is 15.5. The van der Waals surface area contributed by atoms with Crippen LogP contribution in [0.25, 0.3) is 43.3 Å².